The molecule has 0 unspecified atom stereocenters. The van der Waals surface area contributed by atoms with Crippen molar-refractivity contribution in [3.8, 4) is 17.3 Å². The Hall–Kier alpha value is -3.88. The van der Waals surface area contributed by atoms with Gasteiger partial charge in [0.2, 0.25) is 0 Å². The molecule has 0 bridgehead atoms. The molecule has 0 aliphatic carbocycles. The van der Waals surface area contributed by atoms with E-state index in [-0.39, 0.29) is 18.3 Å². The van der Waals surface area contributed by atoms with Crippen molar-refractivity contribution in [2.45, 2.75) is 20.4 Å². The molecule has 0 aliphatic rings. The molecular weight excluding hydrogens is 375 g/mol. The highest BCUT2D eigenvalue weighted by Gasteiger charge is 2.20. The zero-order valence-electron chi connectivity index (χ0n) is 15.8. The Morgan fingerprint density at radius 2 is 2.03 bits per heavy atom. The third kappa shape index (κ3) is 3.62. The molecule has 0 fully saturated rings. The number of nitrogens with zero attached hydrogens (tertiary/aromatic N) is 5. The van der Waals surface area contributed by atoms with Crippen molar-refractivity contribution >= 4 is 5.91 Å². The number of aromatic nitrogens is 5. The summed E-state index contributed by atoms with van der Waals surface area (Å²) in [6.07, 6.45) is 3.06. The fourth-order valence-corrected chi connectivity index (χ4v) is 2.90. The maximum Gasteiger partial charge on any atom is 0.261 e. The topological polar surface area (TPSA) is 98.7 Å². The summed E-state index contributed by atoms with van der Waals surface area (Å²) >= 11 is 0. The molecular formula is C20H17FN6O2. The minimum atomic E-state index is -0.367. The molecule has 29 heavy (non-hydrogen) atoms. The zero-order chi connectivity index (χ0) is 20.4. The number of rotatable bonds is 5. The highest BCUT2D eigenvalue weighted by molar-refractivity contribution is 5.95. The molecule has 1 N–H and O–H groups in total. The molecule has 0 radical (unpaired) electrons. The smallest absolute Gasteiger partial charge is 0.261 e. The van der Waals surface area contributed by atoms with Crippen LogP contribution >= 0.6 is 0 Å². The summed E-state index contributed by atoms with van der Waals surface area (Å²) in [6, 6.07) is 9.83. The number of amides is 1. The van der Waals surface area contributed by atoms with E-state index >= 15 is 0 Å². The van der Waals surface area contributed by atoms with Crippen molar-refractivity contribution in [1.29, 1.82) is 0 Å². The second kappa shape index (κ2) is 7.63. The lowest BCUT2D eigenvalue weighted by Crippen LogP contribution is -2.23. The van der Waals surface area contributed by atoms with Gasteiger partial charge in [0.1, 0.15) is 5.82 Å². The van der Waals surface area contributed by atoms with Crippen LogP contribution in [-0.4, -0.2) is 30.8 Å². The second-order valence-electron chi connectivity index (χ2n) is 6.35. The van der Waals surface area contributed by atoms with Crippen LogP contribution in [0.3, 0.4) is 0 Å². The number of carbonyl (C=O) groups is 1. The first kappa shape index (κ1) is 18.5. The van der Waals surface area contributed by atoms with Crippen LogP contribution in [0.5, 0.6) is 0 Å². The van der Waals surface area contributed by atoms with Crippen molar-refractivity contribution in [2.24, 2.45) is 0 Å². The predicted molar refractivity (Wildman–Crippen MR) is 102 cm³/mol. The Morgan fingerprint density at radius 1 is 1.21 bits per heavy atom. The average molecular weight is 392 g/mol. The molecule has 0 saturated carbocycles. The van der Waals surface area contributed by atoms with Crippen LogP contribution in [0.4, 0.5) is 4.39 Å². The molecule has 146 valence electrons. The largest absolute Gasteiger partial charge is 0.348 e. The van der Waals surface area contributed by atoms with E-state index in [9.17, 15) is 9.18 Å². The first-order valence-corrected chi connectivity index (χ1v) is 8.87. The summed E-state index contributed by atoms with van der Waals surface area (Å²) in [5.41, 5.74) is 1.94. The van der Waals surface area contributed by atoms with E-state index in [0.717, 1.165) is 0 Å². The fraction of sp³-hybridized carbons (Fsp3) is 0.150. The van der Waals surface area contributed by atoms with Gasteiger partial charge in [0.25, 0.3) is 11.8 Å². The third-order valence-electron chi connectivity index (χ3n) is 4.40. The molecule has 4 rings (SSSR count). The van der Waals surface area contributed by atoms with Crippen molar-refractivity contribution in [2.75, 3.05) is 0 Å². The van der Waals surface area contributed by atoms with Crippen LogP contribution in [0.25, 0.3) is 17.3 Å². The third-order valence-corrected chi connectivity index (χ3v) is 4.40. The van der Waals surface area contributed by atoms with Crippen molar-refractivity contribution < 1.29 is 13.7 Å². The number of halogens is 1. The van der Waals surface area contributed by atoms with Gasteiger partial charge < -0.3 is 9.84 Å². The number of benzene rings is 1. The number of hydrogen-bond acceptors (Lipinski definition) is 6. The lowest BCUT2D eigenvalue weighted by Gasteiger charge is -2.08. The Morgan fingerprint density at radius 3 is 2.79 bits per heavy atom. The standard InChI is InChI=1S/C20H17FN6O2/c1-12-16(19(28)23-10-14-6-3-4-8-17(14)21)11-24-27(12)18-15(7-5-9-22-18)20-25-13(2)26-29-20/h3-9,11H,10H2,1-2H3,(H,23,28). The van der Waals surface area contributed by atoms with Gasteiger partial charge in [-0.1, -0.05) is 23.4 Å². The van der Waals surface area contributed by atoms with Crippen molar-refractivity contribution in [1.82, 2.24) is 30.2 Å². The quantitative estimate of drug-likeness (QED) is 0.561. The number of aryl methyl sites for hydroxylation is 1. The van der Waals surface area contributed by atoms with Gasteiger partial charge in [0.05, 0.1) is 23.0 Å². The Labute approximate surface area is 165 Å². The molecule has 0 saturated heterocycles. The van der Waals surface area contributed by atoms with Crippen LogP contribution < -0.4 is 5.32 Å². The lowest BCUT2D eigenvalue weighted by molar-refractivity contribution is 0.0950. The summed E-state index contributed by atoms with van der Waals surface area (Å²) < 4.78 is 20.5. The molecule has 0 atom stereocenters. The monoisotopic (exact) mass is 392 g/mol. The SMILES string of the molecule is Cc1noc(-c2cccnc2-n2ncc(C(=O)NCc3ccccc3F)c2C)n1. The van der Waals surface area contributed by atoms with Crippen LogP contribution in [-0.2, 0) is 6.54 Å². The Kier molecular flexibility index (Phi) is 4.86. The van der Waals surface area contributed by atoms with Crippen LogP contribution in [0.15, 0.2) is 53.3 Å². The molecule has 3 heterocycles. The van der Waals surface area contributed by atoms with Gasteiger partial charge in [0, 0.05) is 18.3 Å². The minimum absolute atomic E-state index is 0.0756. The number of hydrogen-bond donors (Lipinski definition) is 1. The molecule has 0 aliphatic heterocycles. The van der Waals surface area contributed by atoms with Crippen molar-refractivity contribution in [3.05, 3.63) is 77.3 Å². The Bertz CT molecular complexity index is 1180. The first-order chi connectivity index (χ1) is 14.0. The summed E-state index contributed by atoms with van der Waals surface area (Å²) in [5, 5.41) is 10.8. The average Bonchev–Trinajstić information content (AvgIpc) is 3.33. The number of carbonyl (C=O) groups excluding carboxylic acids is 1. The summed E-state index contributed by atoms with van der Waals surface area (Å²) in [5.74, 6) is 0.546. The second-order valence-corrected chi connectivity index (χ2v) is 6.35. The molecule has 3 aromatic heterocycles. The Balaban J connectivity index is 1.61. The van der Waals surface area contributed by atoms with E-state index in [0.29, 0.717) is 39.9 Å². The molecule has 4 aromatic rings. The van der Waals surface area contributed by atoms with E-state index < -0.39 is 0 Å². The summed E-state index contributed by atoms with van der Waals surface area (Å²) in [7, 11) is 0. The molecule has 9 heteroatoms. The maximum absolute atomic E-state index is 13.8. The zero-order valence-corrected chi connectivity index (χ0v) is 15.8. The minimum Gasteiger partial charge on any atom is -0.348 e. The molecule has 0 spiro atoms. The summed E-state index contributed by atoms with van der Waals surface area (Å²) in [4.78, 5) is 21.2. The first-order valence-electron chi connectivity index (χ1n) is 8.87. The maximum atomic E-state index is 13.8. The van der Waals surface area contributed by atoms with E-state index in [2.05, 4.69) is 25.5 Å². The van der Waals surface area contributed by atoms with Gasteiger partial charge in [-0.2, -0.15) is 10.1 Å². The summed E-state index contributed by atoms with van der Waals surface area (Å²) in [6.45, 7) is 3.55. The predicted octanol–water partition coefficient (Wildman–Crippen LogP) is 3.00. The lowest BCUT2D eigenvalue weighted by atomic mass is 10.2. The van der Waals surface area contributed by atoms with Gasteiger partial charge in [-0.05, 0) is 32.0 Å². The van der Waals surface area contributed by atoms with Crippen LogP contribution in [0.2, 0.25) is 0 Å². The van der Waals surface area contributed by atoms with E-state index in [1.54, 1.807) is 50.4 Å². The number of nitrogens with one attached hydrogen (secondary N) is 1. The molecule has 8 nitrogen and oxygen atoms in total. The molecule has 1 amide bonds. The highest BCUT2D eigenvalue weighted by Crippen LogP contribution is 2.24. The van der Waals surface area contributed by atoms with E-state index in [4.69, 9.17) is 4.52 Å². The van der Waals surface area contributed by atoms with Crippen molar-refractivity contribution in [3.63, 3.8) is 0 Å². The fourth-order valence-electron chi connectivity index (χ4n) is 2.90. The van der Waals surface area contributed by atoms with E-state index in [1.165, 1.54) is 16.9 Å². The molecule has 1 aromatic carbocycles. The number of pyridine rings is 1. The van der Waals surface area contributed by atoms with Gasteiger partial charge in [-0.3, -0.25) is 4.79 Å². The van der Waals surface area contributed by atoms with Crippen LogP contribution in [0.1, 0.15) is 27.4 Å². The van der Waals surface area contributed by atoms with Gasteiger partial charge in [-0.25, -0.2) is 14.1 Å². The highest BCUT2D eigenvalue weighted by atomic mass is 19.1. The van der Waals surface area contributed by atoms with Gasteiger partial charge in [0.15, 0.2) is 11.6 Å². The normalized spacial score (nSPS) is 10.9. The van der Waals surface area contributed by atoms with E-state index in [1.807, 2.05) is 0 Å². The van der Waals surface area contributed by atoms with Crippen LogP contribution in [0, 0.1) is 19.7 Å². The van der Waals surface area contributed by atoms with Gasteiger partial charge in [-0.15, -0.1) is 0 Å². The van der Waals surface area contributed by atoms with Gasteiger partial charge >= 0.3 is 0 Å².